The van der Waals surface area contributed by atoms with Crippen molar-refractivity contribution in [1.29, 1.82) is 0 Å². The van der Waals surface area contributed by atoms with Gasteiger partial charge in [-0.2, -0.15) is 0 Å². The maximum Gasteiger partial charge on any atom is 0.320 e. The molecule has 4 heteroatoms. The number of fused-ring (bicyclic) bond motifs is 1. The Morgan fingerprint density at radius 1 is 1.45 bits per heavy atom. The summed E-state index contributed by atoms with van der Waals surface area (Å²) in [7, 11) is 0. The van der Waals surface area contributed by atoms with Crippen LogP contribution in [0.5, 0.6) is 5.75 Å². The number of carbonyl (C=O) groups is 1. The van der Waals surface area contributed by atoms with Gasteiger partial charge in [0, 0.05) is 6.42 Å². The summed E-state index contributed by atoms with van der Waals surface area (Å²) in [5.74, 6) is 0.358. The van der Waals surface area contributed by atoms with E-state index in [1.165, 1.54) is 11.1 Å². The third kappa shape index (κ3) is 2.80. The van der Waals surface area contributed by atoms with Crippen molar-refractivity contribution < 1.29 is 14.6 Å². The predicted molar refractivity (Wildman–Crippen MR) is 76.2 cm³/mol. The summed E-state index contributed by atoms with van der Waals surface area (Å²) < 4.78 is 5.51. The average molecular weight is 275 g/mol. The maximum atomic E-state index is 11.1. The van der Waals surface area contributed by atoms with Crippen molar-refractivity contribution >= 4 is 5.97 Å². The van der Waals surface area contributed by atoms with Crippen LogP contribution in [0.2, 0.25) is 0 Å². The Balaban J connectivity index is 1.51. The molecule has 4 nitrogen and oxygen atoms in total. The molecule has 0 aliphatic carbocycles. The van der Waals surface area contributed by atoms with Crippen molar-refractivity contribution in [3.63, 3.8) is 0 Å². The number of aryl methyl sites for hydroxylation is 1. The van der Waals surface area contributed by atoms with E-state index in [0.29, 0.717) is 0 Å². The number of hydrogen-bond donors (Lipinski definition) is 1. The van der Waals surface area contributed by atoms with Gasteiger partial charge in [-0.15, -0.1) is 0 Å². The Labute approximate surface area is 119 Å². The molecule has 1 saturated heterocycles. The Hall–Kier alpha value is -1.55. The van der Waals surface area contributed by atoms with Crippen molar-refractivity contribution in [2.24, 2.45) is 0 Å². The lowest BCUT2D eigenvalue weighted by Gasteiger charge is -2.20. The summed E-state index contributed by atoms with van der Waals surface area (Å²) in [4.78, 5) is 13.2. The third-order valence-electron chi connectivity index (χ3n) is 4.31. The lowest BCUT2D eigenvalue weighted by atomic mass is 10.0. The number of hydrogen-bond acceptors (Lipinski definition) is 3. The molecule has 0 unspecified atom stereocenters. The predicted octanol–water partition coefficient (Wildman–Crippen LogP) is 2.10. The summed E-state index contributed by atoms with van der Waals surface area (Å²) in [5, 5.41) is 9.15. The molecule has 0 spiro atoms. The minimum absolute atomic E-state index is 0.261. The van der Waals surface area contributed by atoms with Crippen molar-refractivity contribution in [3.8, 4) is 5.75 Å². The molecule has 1 atom stereocenters. The zero-order chi connectivity index (χ0) is 13.9. The van der Waals surface area contributed by atoms with Crippen LogP contribution in [0.1, 0.15) is 30.4 Å². The van der Waals surface area contributed by atoms with Gasteiger partial charge in [-0.1, -0.05) is 12.1 Å². The highest BCUT2D eigenvalue weighted by Crippen LogP contribution is 2.26. The highest BCUT2D eigenvalue weighted by atomic mass is 16.5. The zero-order valence-corrected chi connectivity index (χ0v) is 11.7. The first-order chi connectivity index (χ1) is 9.74. The highest BCUT2D eigenvalue weighted by Gasteiger charge is 2.29. The monoisotopic (exact) mass is 275 g/mol. The molecular formula is C16H21NO3. The molecule has 0 bridgehead atoms. The van der Waals surface area contributed by atoms with Gasteiger partial charge in [0.1, 0.15) is 11.8 Å². The van der Waals surface area contributed by atoms with E-state index >= 15 is 0 Å². The van der Waals surface area contributed by atoms with Crippen LogP contribution in [0.4, 0.5) is 0 Å². The SMILES string of the molecule is O=C(O)[C@H]1CCCN1CCCc1ccc2c(c1)CCO2. The van der Waals surface area contributed by atoms with Gasteiger partial charge >= 0.3 is 5.97 Å². The standard InChI is InChI=1S/C16H21NO3/c18-16(19)14-4-2-9-17(14)8-1-3-12-5-6-15-13(11-12)7-10-20-15/h5-6,11,14H,1-4,7-10H2,(H,18,19)/t14-/m1/s1. The topological polar surface area (TPSA) is 49.8 Å². The fraction of sp³-hybridized carbons (Fsp3) is 0.562. The van der Waals surface area contributed by atoms with Crippen LogP contribution in [0.15, 0.2) is 18.2 Å². The summed E-state index contributed by atoms with van der Waals surface area (Å²) in [6.07, 6.45) is 4.84. The molecule has 1 N–H and O–H groups in total. The lowest BCUT2D eigenvalue weighted by molar-refractivity contribution is -0.142. The third-order valence-corrected chi connectivity index (χ3v) is 4.31. The van der Waals surface area contributed by atoms with Crippen LogP contribution in [0.25, 0.3) is 0 Å². The highest BCUT2D eigenvalue weighted by molar-refractivity contribution is 5.73. The van der Waals surface area contributed by atoms with Crippen molar-refractivity contribution in [1.82, 2.24) is 4.90 Å². The quantitative estimate of drug-likeness (QED) is 0.894. The number of rotatable bonds is 5. The van der Waals surface area contributed by atoms with E-state index in [1.54, 1.807) is 0 Å². The normalized spacial score (nSPS) is 21.7. The second kappa shape index (κ2) is 5.83. The average Bonchev–Trinajstić information content (AvgIpc) is 3.06. The van der Waals surface area contributed by atoms with Crippen molar-refractivity contribution in [3.05, 3.63) is 29.3 Å². The number of likely N-dealkylation sites (tertiary alicyclic amines) is 1. The molecule has 1 aromatic rings. The molecule has 1 fully saturated rings. The van der Waals surface area contributed by atoms with Gasteiger partial charge in [0.25, 0.3) is 0 Å². The van der Waals surface area contributed by atoms with E-state index < -0.39 is 5.97 Å². The minimum Gasteiger partial charge on any atom is -0.493 e. The van der Waals surface area contributed by atoms with Crippen LogP contribution in [-0.4, -0.2) is 41.7 Å². The van der Waals surface area contributed by atoms with Gasteiger partial charge in [0.2, 0.25) is 0 Å². The van der Waals surface area contributed by atoms with Crippen LogP contribution in [-0.2, 0) is 17.6 Å². The first kappa shape index (κ1) is 13.4. The second-order valence-corrected chi connectivity index (χ2v) is 5.68. The molecule has 0 radical (unpaired) electrons. The Morgan fingerprint density at radius 3 is 3.20 bits per heavy atom. The fourth-order valence-corrected chi connectivity index (χ4v) is 3.26. The summed E-state index contributed by atoms with van der Waals surface area (Å²) in [5.41, 5.74) is 2.65. The molecule has 3 rings (SSSR count). The Bertz CT molecular complexity index is 500. The summed E-state index contributed by atoms with van der Waals surface area (Å²) in [6.45, 7) is 2.60. The van der Waals surface area contributed by atoms with E-state index in [1.807, 2.05) is 0 Å². The van der Waals surface area contributed by atoms with Gasteiger partial charge < -0.3 is 9.84 Å². The molecule has 1 aromatic carbocycles. The molecule has 0 saturated carbocycles. The molecule has 0 aromatic heterocycles. The minimum atomic E-state index is -0.669. The van der Waals surface area contributed by atoms with E-state index in [2.05, 4.69) is 23.1 Å². The number of aliphatic carboxylic acids is 1. The van der Waals surface area contributed by atoms with Gasteiger partial charge in [-0.25, -0.2) is 0 Å². The molecule has 108 valence electrons. The molecular weight excluding hydrogens is 254 g/mol. The molecule has 20 heavy (non-hydrogen) atoms. The van der Waals surface area contributed by atoms with Crippen LogP contribution in [0, 0.1) is 0 Å². The summed E-state index contributed by atoms with van der Waals surface area (Å²) >= 11 is 0. The van der Waals surface area contributed by atoms with Gasteiger partial charge in [-0.05, 0) is 56.0 Å². The molecule has 2 aliphatic heterocycles. The largest absolute Gasteiger partial charge is 0.493 e. The second-order valence-electron chi connectivity index (χ2n) is 5.68. The lowest BCUT2D eigenvalue weighted by Crippen LogP contribution is -2.36. The number of carboxylic acid groups (broad SMARTS) is 1. The van der Waals surface area contributed by atoms with Crippen molar-refractivity contribution in [2.45, 2.75) is 38.1 Å². The first-order valence-corrected chi connectivity index (χ1v) is 7.45. The van der Waals surface area contributed by atoms with E-state index in [4.69, 9.17) is 9.84 Å². The smallest absolute Gasteiger partial charge is 0.320 e. The number of carboxylic acids is 1. The molecule has 2 heterocycles. The van der Waals surface area contributed by atoms with Gasteiger partial charge in [0.15, 0.2) is 0 Å². The van der Waals surface area contributed by atoms with Gasteiger partial charge in [0.05, 0.1) is 6.61 Å². The van der Waals surface area contributed by atoms with E-state index in [0.717, 1.165) is 57.6 Å². The fourth-order valence-electron chi connectivity index (χ4n) is 3.26. The van der Waals surface area contributed by atoms with E-state index in [-0.39, 0.29) is 6.04 Å². The van der Waals surface area contributed by atoms with Crippen molar-refractivity contribution in [2.75, 3.05) is 19.7 Å². The van der Waals surface area contributed by atoms with Crippen LogP contribution >= 0.6 is 0 Å². The van der Waals surface area contributed by atoms with Crippen LogP contribution in [0.3, 0.4) is 0 Å². The molecule has 2 aliphatic rings. The zero-order valence-electron chi connectivity index (χ0n) is 11.7. The number of nitrogens with zero attached hydrogens (tertiary/aromatic N) is 1. The number of ether oxygens (including phenoxy) is 1. The van der Waals surface area contributed by atoms with Crippen LogP contribution < -0.4 is 4.74 Å². The first-order valence-electron chi connectivity index (χ1n) is 7.45. The maximum absolute atomic E-state index is 11.1. The Kier molecular flexibility index (Phi) is 3.92. The number of benzene rings is 1. The summed E-state index contributed by atoms with van der Waals surface area (Å²) in [6, 6.07) is 6.17. The Morgan fingerprint density at radius 2 is 2.35 bits per heavy atom. The van der Waals surface area contributed by atoms with Gasteiger partial charge in [-0.3, -0.25) is 9.69 Å². The molecule has 0 amide bonds. The van der Waals surface area contributed by atoms with E-state index in [9.17, 15) is 4.79 Å².